The van der Waals surface area contributed by atoms with E-state index < -0.39 is 18.1 Å². The molecule has 7 heteroatoms. The molecule has 0 aromatic heterocycles. The van der Waals surface area contributed by atoms with Crippen LogP contribution in [0, 0.1) is 0 Å². The minimum atomic E-state index is -0.870. The first kappa shape index (κ1) is 16.2. The van der Waals surface area contributed by atoms with E-state index in [9.17, 15) is 14.4 Å². The van der Waals surface area contributed by atoms with E-state index in [0.29, 0.717) is 0 Å². The van der Waals surface area contributed by atoms with E-state index in [2.05, 4.69) is 10.6 Å². The number of urea groups is 1. The molecular formula is C11H21N3O4. The van der Waals surface area contributed by atoms with Gasteiger partial charge in [-0.2, -0.15) is 0 Å². The van der Waals surface area contributed by atoms with Gasteiger partial charge in [-0.25, -0.2) is 4.79 Å². The highest BCUT2D eigenvalue weighted by atomic mass is 16.5. The summed E-state index contributed by atoms with van der Waals surface area (Å²) in [6, 6.07) is -0.707. The number of amides is 3. The van der Waals surface area contributed by atoms with Crippen molar-refractivity contribution in [3.8, 4) is 0 Å². The predicted octanol–water partition coefficient (Wildman–Crippen LogP) is -0.109. The summed E-state index contributed by atoms with van der Waals surface area (Å²) in [5.41, 5.74) is 4.45. The standard InChI is InChI=1S/C11H21N3O4/c1-7(9(16)14-11(2,3)4)18-8(15)5-6-13-10(12)17/h7H,5-6H2,1-4H3,(H,14,16)(H3,12,13,17)/t7-/m0/s1. The van der Waals surface area contributed by atoms with Crippen LogP contribution >= 0.6 is 0 Å². The lowest BCUT2D eigenvalue weighted by Crippen LogP contribution is -2.46. The Bertz CT molecular complexity index is 323. The fraction of sp³-hybridized carbons (Fsp3) is 0.727. The number of esters is 1. The van der Waals surface area contributed by atoms with E-state index in [4.69, 9.17) is 10.5 Å². The van der Waals surface area contributed by atoms with Gasteiger partial charge < -0.3 is 21.1 Å². The Kier molecular flexibility index (Phi) is 6.15. The third kappa shape index (κ3) is 8.37. The van der Waals surface area contributed by atoms with Crippen LogP contribution in [-0.2, 0) is 14.3 Å². The Morgan fingerprint density at radius 2 is 1.83 bits per heavy atom. The number of rotatable bonds is 5. The van der Waals surface area contributed by atoms with Crippen molar-refractivity contribution >= 4 is 17.9 Å². The van der Waals surface area contributed by atoms with Gasteiger partial charge in [0.25, 0.3) is 5.91 Å². The highest BCUT2D eigenvalue weighted by Crippen LogP contribution is 2.02. The Hall–Kier alpha value is -1.79. The molecule has 0 aliphatic rings. The van der Waals surface area contributed by atoms with Crippen molar-refractivity contribution < 1.29 is 19.1 Å². The second-order valence-electron chi connectivity index (χ2n) is 4.91. The molecule has 0 bridgehead atoms. The summed E-state index contributed by atoms with van der Waals surface area (Å²) >= 11 is 0. The fourth-order valence-electron chi connectivity index (χ4n) is 1.07. The summed E-state index contributed by atoms with van der Waals surface area (Å²) in [4.78, 5) is 33.3. The Balaban J connectivity index is 4.00. The maximum atomic E-state index is 11.6. The maximum absolute atomic E-state index is 11.6. The van der Waals surface area contributed by atoms with Gasteiger partial charge in [-0.05, 0) is 27.7 Å². The van der Waals surface area contributed by atoms with Crippen LogP contribution in [0.2, 0.25) is 0 Å². The Morgan fingerprint density at radius 1 is 1.28 bits per heavy atom. The van der Waals surface area contributed by atoms with Gasteiger partial charge >= 0.3 is 12.0 Å². The van der Waals surface area contributed by atoms with E-state index in [-0.39, 0.29) is 24.4 Å². The van der Waals surface area contributed by atoms with E-state index in [1.165, 1.54) is 6.92 Å². The van der Waals surface area contributed by atoms with Crippen molar-refractivity contribution in [2.45, 2.75) is 45.8 Å². The Morgan fingerprint density at radius 3 is 2.28 bits per heavy atom. The lowest BCUT2D eigenvalue weighted by Gasteiger charge is -2.23. The van der Waals surface area contributed by atoms with Gasteiger partial charge in [0.05, 0.1) is 6.42 Å². The first-order valence-electron chi connectivity index (χ1n) is 5.66. The largest absolute Gasteiger partial charge is 0.452 e. The van der Waals surface area contributed by atoms with Crippen LogP contribution in [0.15, 0.2) is 0 Å². The average Bonchev–Trinajstić information content (AvgIpc) is 2.13. The maximum Gasteiger partial charge on any atom is 0.312 e. The van der Waals surface area contributed by atoms with Gasteiger partial charge in [0.15, 0.2) is 6.10 Å². The van der Waals surface area contributed by atoms with E-state index in [1.807, 2.05) is 20.8 Å². The molecule has 0 spiro atoms. The molecule has 0 saturated carbocycles. The Labute approximate surface area is 106 Å². The van der Waals surface area contributed by atoms with Crippen molar-refractivity contribution in [1.82, 2.24) is 10.6 Å². The van der Waals surface area contributed by atoms with E-state index >= 15 is 0 Å². The van der Waals surface area contributed by atoms with Crippen LogP contribution in [0.25, 0.3) is 0 Å². The molecule has 0 rings (SSSR count). The topological polar surface area (TPSA) is 111 Å². The molecule has 4 N–H and O–H groups in total. The predicted molar refractivity (Wildman–Crippen MR) is 65.7 cm³/mol. The third-order valence-electron chi connectivity index (χ3n) is 1.80. The monoisotopic (exact) mass is 259 g/mol. The molecule has 0 aliphatic carbocycles. The van der Waals surface area contributed by atoms with Crippen molar-refractivity contribution in [3.05, 3.63) is 0 Å². The number of hydrogen-bond donors (Lipinski definition) is 3. The summed E-state index contributed by atoms with van der Waals surface area (Å²) in [5, 5.41) is 4.95. The summed E-state index contributed by atoms with van der Waals surface area (Å²) in [5.74, 6) is -0.931. The molecule has 18 heavy (non-hydrogen) atoms. The fourth-order valence-corrected chi connectivity index (χ4v) is 1.07. The minimum absolute atomic E-state index is 0.0317. The number of hydrogen-bond acceptors (Lipinski definition) is 4. The highest BCUT2D eigenvalue weighted by molar-refractivity contribution is 5.84. The van der Waals surface area contributed by atoms with Crippen LogP contribution < -0.4 is 16.4 Å². The van der Waals surface area contributed by atoms with Gasteiger partial charge in [-0.3, -0.25) is 9.59 Å². The SMILES string of the molecule is C[C@H](OC(=O)CCNC(N)=O)C(=O)NC(C)(C)C. The number of ether oxygens (including phenoxy) is 1. The van der Waals surface area contributed by atoms with Crippen molar-refractivity contribution in [3.63, 3.8) is 0 Å². The molecule has 0 aliphatic heterocycles. The van der Waals surface area contributed by atoms with Gasteiger partial charge in [0, 0.05) is 12.1 Å². The normalized spacial score (nSPS) is 12.4. The van der Waals surface area contributed by atoms with Crippen molar-refractivity contribution in [2.24, 2.45) is 5.73 Å². The molecule has 0 aromatic carbocycles. The molecule has 1 atom stereocenters. The van der Waals surface area contributed by atoms with E-state index in [0.717, 1.165) is 0 Å². The molecule has 0 radical (unpaired) electrons. The first-order valence-corrected chi connectivity index (χ1v) is 5.66. The number of nitrogens with one attached hydrogen (secondary N) is 2. The molecule has 0 aromatic rings. The lowest BCUT2D eigenvalue weighted by molar-refractivity contribution is -0.155. The summed E-state index contributed by atoms with van der Waals surface area (Å²) < 4.78 is 4.90. The average molecular weight is 259 g/mol. The van der Waals surface area contributed by atoms with Crippen LogP contribution in [0.1, 0.15) is 34.1 Å². The molecule has 0 fully saturated rings. The van der Waals surface area contributed by atoms with Crippen LogP contribution in [0.5, 0.6) is 0 Å². The summed E-state index contributed by atoms with van der Waals surface area (Å²) in [6.07, 6.45) is -0.902. The van der Waals surface area contributed by atoms with Gasteiger partial charge in [-0.1, -0.05) is 0 Å². The van der Waals surface area contributed by atoms with E-state index in [1.54, 1.807) is 0 Å². The molecule has 0 unspecified atom stereocenters. The quantitative estimate of drug-likeness (QED) is 0.598. The molecular weight excluding hydrogens is 238 g/mol. The van der Waals surface area contributed by atoms with Crippen molar-refractivity contribution in [1.29, 1.82) is 0 Å². The number of primary amides is 1. The molecule has 7 nitrogen and oxygen atoms in total. The summed E-state index contributed by atoms with van der Waals surface area (Å²) in [7, 11) is 0. The number of carbonyl (C=O) groups excluding carboxylic acids is 3. The lowest BCUT2D eigenvalue weighted by atomic mass is 10.1. The molecule has 3 amide bonds. The van der Waals surface area contributed by atoms with Crippen LogP contribution in [0.4, 0.5) is 4.79 Å². The van der Waals surface area contributed by atoms with Gasteiger partial charge in [0.1, 0.15) is 0 Å². The first-order chi connectivity index (χ1) is 8.11. The zero-order valence-electron chi connectivity index (χ0n) is 11.2. The molecule has 104 valence electrons. The van der Waals surface area contributed by atoms with Gasteiger partial charge in [0.2, 0.25) is 0 Å². The van der Waals surface area contributed by atoms with Crippen molar-refractivity contribution in [2.75, 3.05) is 6.54 Å². The molecule has 0 heterocycles. The minimum Gasteiger partial charge on any atom is -0.452 e. The number of nitrogens with two attached hydrogens (primary N) is 1. The second kappa shape index (κ2) is 6.83. The molecule has 0 saturated heterocycles. The third-order valence-corrected chi connectivity index (χ3v) is 1.80. The van der Waals surface area contributed by atoms with Crippen LogP contribution in [0.3, 0.4) is 0 Å². The zero-order valence-corrected chi connectivity index (χ0v) is 11.2. The van der Waals surface area contributed by atoms with Gasteiger partial charge in [-0.15, -0.1) is 0 Å². The summed E-state index contributed by atoms with van der Waals surface area (Å²) in [6.45, 7) is 7.06. The van der Waals surface area contributed by atoms with Crippen LogP contribution in [-0.4, -0.2) is 36.1 Å². The smallest absolute Gasteiger partial charge is 0.312 e. The highest BCUT2D eigenvalue weighted by Gasteiger charge is 2.22. The zero-order chi connectivity index (χ0) is 14.3. The second-order valence-corrected chi connectivity index (χ2v) is 4.91. The number of carbonyl (C=O) groups is 3.